The molecule has 0 saturated carbocycles. The minimum atomic E-state index is 0.464. The lowest BCUT2D eigenvalue weighted by Crippen LogP contribution is -2.05. The normalized spacial score (nSPS) is 11.1. The van der Waals surface area contributed by atoms with Crippen LogP contribution in [0.4, 0.5) is 0 Å². The predicted molar refractivity (Wildman–Crippen MR) is 246 cm³/mol. The Balaban J connectivity index is 1.34. The largest absolute Gasteiger partial charge is 0.308 e. The number of aromatic nitrogens is 4. The highest BCUT2D eigenvalue weighted by atomic mass is 15.0. The number of para-hydroxylation sites is 1. The van der Waals surface area contributed by atoms with Crippen molar-refractivity contribution < 1.29 is 0 Å². The lowest BCUT2D eigenvalue weighted by molar-refractivity contribution is 1.07. The van der Waals surface area contributed by atoms with Crippen LogP contribution in [0.15, 0.2) is 182 Å². The number of hydrogen-bond donors (Lipinski definition) is 0. The fourth-order valence-corrected chi connectivity index (χ4v) is 8.52. The van der Waals surface area contributed by atoms with Gasteiger partial charge in [0.2, 0.25) is 0 Å². The molecule has 10 aromatic rings. The fourth-order valence-electron chi connectivity index (χ4n) is 8.52. The van der Waals surface area contributed by atoms with Crippen molar-refractivity contribution in [2.75, 3.05) is 0 Å². The molecule has 61 heavy (non-hydrogen) atoms. The molecule has 0 spiro atoms. The third-order valence-corrected chi connectivity index (χ3v) is 11.2. The summed E-state index contributed by atoms with van der Waals surface area (Å²) in [6, 6.07) is 66.1. The second kappa shape index (κ2) is 15.4. The van der Waals surface area contributed by atoms with E-state index in [0.717, 1.165) is 72.0 Å². The van der Waals surface area contributed by atoms with Crippen LogP contribution in [0, 0.1) is 36.5 Å². The van der Waals surface area contributed by atoms with E-state index in [4.69, 9.17) is 15.0 Å². The first kappa shape index (κ1) is 36.9. The Labute approximate surface area is 354 Å². The van der Waals surface area contributed by atoms with Crippen LogP contribution in [0.25, 0.3) is 95.0 Å². The summed E-state index contributed by atoms with van der Waals surface area (Å²) in [5.74, 6) is 1.54. The van der Waals surface area contributed by atoms with Gasteiger partial charge in [0.1, 0.15) is 0 Å². The van der Waals surface area contributed by atoms with E-state index >= 15 is 0 Å². The van der Waals surface area contributed by atoms with Crippen LogP contribution in [-0.4, -0.2) is 19.5 Å². The van der Waals surface area contributed by atoms with E-state index in [1.54, 1.807) is 0 Å². The van der Waals surface area contributed by atoms with E-state index in [1.807, 2.05) is 109 Å². The van der Waals surface area contributed by atoms with E-state index in [0.29, 0.717) is 34.2 Å². The molecule has 0 fully saturated rings. The average Bonchev–Trinajstić information content (AvgIpc) is 3.64. The molecule has 6 heteroatoms. The zero-order valence-corrected chi connectivity index (χ0v) is 33.5. The highest BCUT2D eigenvalue weighted by molar-refractivity contribution is 6.12. The SMILES string of the molecule is Cc1cc(C)cc(-c2ccc3c(c2)c2ccccc2n3-c2c(-c3ccccc3C#N)cc(-c3nc(-c4ccccc4)nc(-c4ccccc4)n3)cc2-c2ccccc2C#N)c1. The number of benzene rings is 8. The summed E-state index contributed by atoms with van der Waals surface area (Å²) in [7, 11) is 0. The Bertz CT molecular complexity index is 3250. The molecule has 0 N–H and O–H groups in total. The van der Waals surface area contributed by atoms with Crippen molar-refractivity contribution in [1.29, 1.82) is 10.5 Å². The van der Waals surface area contributed by atoms with Gasteiger partial charge in [0.25, 0.3) is 0 Å². The fraction of sp³-hybridized carbons (Fsp3) is 0.0364. The van der Waals surface area contributed by atoms with Crippen LogP contribution in [0.3, 0.4) is 0 Å². The number of rotatable bonds is 7. The van der Waals surface area contributed by atoms with E-state index in [2.05, 4.69) is 103 Å². The third kappa shape index (κ3) is 6.69. The van der Waals surface area contributed by atoms with Crippen LogP contribution in [0.1, 0.15) is 22.3 Å². The zero-order valence-electron chi connectivity index (χ0n) is 33.5. The number of nitriles is 2. The van der Waals surface area contributed by atoms with Gasteiger partial charge in [-0.15, -0.1) is 0 Å². The average molecular weight is 781 g/mol. The molecule has 8 aromatic carbocycles. The monoisotopic (exact) mass is 780 g/mol. The molecule has 0 aliphatic rings. The van der Waals surface area contributed by atoms with Gasteiger partial charge in [-0.2, -0.15) is 10.5 Å². The molecule has 286 valence electrons. The number of fused-ring (bicyclic) bond motifs is 3. The Hall–Kier alpha value is -8.45. The van der Waals surface area contributed by atoms with Crippen molar-refractivity contribution in [3.63, 3.8) is 0 Å². The Morgan fingerprint density at radius 2 is 0.852 bits per heavy atom. The molecular formula is C55H36N6. The summed E-state index contributed by atoms with van der Waals surface area (Å²) in [4.78, 5) is 15.2. The molecule has 0 bridgehead atoms. The van der Waals surface area contributed by atoms with E-state index in [1.165, 1.54) is 11.1 Å². The smallest absolute Gasteiger partial charge is 0.164 e. The van der Waals surface area contributed by atoms with Gasteiger partial charge in [0.05, 0.1) is 40.0 Å². The molecule has 2 aromatic heterocycles. The number of hydrogen-bond acceptors (Lipinski definition) is 5. The molecular weight excluding hydrogens is 745 g/mol. The molecule has 0 radical (unpaired) electrons. The minimum absolute atomic E-state index is 0.464. The quantitative estimate of drug-likeness (QED) is 0.161. The van der Waals surface area contributed by atoms with Gasteiger partial charge in [-0.3, -0.25) is 0 Å². The van der Waals surface area contributed by atoms with Crippen molar-refractivity contribution in [3.05, 3.63) is 204 Å². The maximum absolute atomic E-state index is 10.7. The highest BCUT2D eigenvalue weighted by Crippen LogP contribution is 2.45. The van der Waals surface area contributed by atoms with E-state index in [-0.39, 0.29) is 0 Å². The molecule has 2 heterocycles. The van der Waals surface area contributed by atoms with Crippen molar-refractivity contribution in [3.8, 4) is 85.4 Å². The zero-order chi connectivity index (χ0) is 41.5. The first-order valence-electron chi connectivity index (χ1n) is 20.1. The Morgan fingerprint density at radius 1 is 0.377 bits per heavy atom. The van der Waals surface area contributed by atoms with Gasteiger partial charge < -0.3 is 4.57 Å². The van der Waals surface area contributed by atoms with Crippen LogP contribution >= 0.6 is 0 Å². The van der Waals surface area contributed by atoms with Gasteiger partial charge in [0, 0.05) is 49.7 Å². The second-order valence-electron chi connectivity index (χ2n) is 15.2. The van der Waals surface area contributed by atoms with Crippen LogP contribution in [-0.2, 0) is 0 Å². The first-order chi connectivity index (χ1) is 30.0. The van der Waals surface area contributed by atoms with Gasteiger partial charge in [-0.05, 0) is 67.4 Å². The summed E-state index contributed by atoms with van der Waals surface area (Å²) in [5.41, 5.74) is 14.1. The topological polar surface area (TPSA) is 91.2 Å². The van der Waals surface area contributed by atoms with Gasteiger partial charge in [0.15, 0.2) is 17.5 Å². The molecule has 10 rings (SSSR count). The molecule has 0 aliphatic heterocycles. The second-order valence-corrected chi connectivity index (χ2v) is 15.2. The predicted octanol–water partition coefficient (Wildman–Crippen LogP) is 13.3. The Morgan fingerprint density at radius 3 is 1.41 bits per heavy atom. The summed E-state index contributed by atoms with van der Waals surface area (Å²) < 4.78 is 2.30. The standard InChI is InChI=1S/C55H36N6/c1-35-27-36(2)29-42(28-35)39-25-26-51-47(30-39)46-23-13-14-24-50(46)61(51)52-48(44-21-11-9-19-40(44)33-56)31-43(32-49(52)45-22-12-10-20-41(45)34-57)55-59-53(37-15-5-3-6-16-37)58-54(60-55)38-17-7-4-8-18-38/h3-32H,1-2H3. The summed E-state index contributed by atoms with van der Waals surface area (Å²) in [6.45, 7) is 4.27. The van der Waals surface area contributed by atoms with Crippen LogP contribution in [0.2, 0.25) is 0 Å². The molecule has 6 nitrogen and oxygen atoms in total. The molecule has 0 saturated heterocycles. The molecule has 0 aliphatic carbocycles. The van der Waals surface area contributed by atoms with Gasteiger partial charge in [-0.25, -0.2) is 15.0 Å². The maximum Gasteiger partial charge on any atom is 0.164 e. The van der Waals surface area contributed by atoms with Gasteiger partial charge in [-0.1, -0.05) is 151 Å². The van der Waals surface area contributed by atoms with Crippen LogP contribution in [0.5, 0.6) is 0 Å². The summed E-state index contributed by atoms with van der Waals surface area (Å²) >= 11 is 0. The number of aryl methyl sites for hydroxylation is 2. The minimum Gasteiger partial charge on any atom is -0.308 e. The Kier molecular flexibility index (Phi) is 9.29. The lowest BCUT2D eigenvalue weighted by atomic mass is 9.89. The van der Waals surface area contributed by atoms with Crippen molar-refractivity contribution in [1.82, 2.24) is 19.5 Å². The summed E-state index contributed by atoms with van der Waals surface area (Å²) in [6.07, 6.45) is 0. The maximum atomic E-state index is 10.7. The van der Waals surface area contributed by atoms with E-state index < -0.39 is 0 Å². The first-order valence-corrected chi connectivity index (χ1v) is 20.1. The molecule has 0 unspecified atom stereocenters. The van der Waals surface area contributed by atoms with E-state index in [9.17, 15) is 10.5 Å². The molecule has 0 atom stereocenters. The lowest BCUT2D eigenvalue weighted by Gasteiger charge is -2.22. The van der Waals surface area contributed by atoms with Crippen molar-refractivity contribution >= 4 is 21.8 Å². The third-order valence-electron chi connectivity index (χ3n) is 11.2. The van der Waals surface area contributed by atoms with Gasteiger partial charge >= 0.3 is 0 Å². The van der Waals surface area contributed by atoms with Crippen LogP contribution < -0.4 is 0 Å². The summed E-state index contributed by atoms with van der Waals surface area (Å²) in [5, 5.41) is 23.5. The van der Waals surface area contributed by atoms with Crippen molar-refractivity contribution in [2.24, 2.45) is 0 Å². The van der Waals surface area contributed by atoms with Crippen molar-refractivity contribution in [2.45, 2.75) is 13.8 Å². The molecule has 0 amide bonds. The highest BCUT2D eigenvalue weighted by Gasteiger charge is 2.25. The number of nitrogens with zero attached hydrogens (tertiary/aromatic N) is 6.